The van der Waals surface area contributed by atoms with Crippen LogP contribution in [-0.2, 0) is 9.53 Å². The number of amides is 2. The zero-order chi connectivity index (χ0) is 24.2. The van der Waals surface area contributed by atoms with Gasteiger partial charge in [0.05, 0.1) is 0 Å². The number of likely N-dealkylation sites (tertiary alicyclic amines) is 1. The molecule has 2 amide bonds. The van der Waals surface area contributed by atoms with Gasteiger partial charge in [0.1, 0.15) is 12.1 Å². The van der Waals surface area contributed by atoms with Crippen LogP contribution < -0.4 is 5.32 Å². The lowest BCUT2D eigenvalue weighted by atomic mass is 9.98. The molecule has 3 aromatic rings. The van der Waals surface area contributed by atoms with Gasteiger partial charge in [-0.25, -0.2) is 9.59 Å². The van der Waals surface area contributed by atoms with Crippen molar-refractivity contribution >= 4 is 23.9 Å². The number of nitrogens with zero attached hydrogens (tertiary/aromatic N) is 2. The Hall–Kier alpha value is -4.14. The number of aliphatic carboxylic acids is 1. The molecule has 35 heavy (non-hydrogen) atoms. The maximum absolute atomic E-state index is 13.0. The van der Waals surface area contributed by atoms with Gasteiger partial charge in [0.2, 0.25) is 5.88 Å². The van der Waals surface area contributed by atoms with Crippen LogP contribution in [0.25, 0.3) is 11.1 Å². The average molecular weight is 473 g/mol. The first kappa shape index (κ1) is 21.4. The third-order valence-corrected chi connectivity index (χ3v) is 7.40. The molecule has 9 heteroatoms. The van der Waals surface area contributed by atoms with Gasteiger partial charge in [-0.05, 0) is 47.4 Å². The first-order chi connectivity index (χ1) is 17.0. The number of ether oxygens (including phenoxy) is 1. The van der Waals surface area contributed by atoms with Crippen LogP contribution in [0.1, 0.15) is 46.8 Å². The first-order valence-electron chi connectivity index (χ1n) is 11.6. The number of carbonyl (C=O) groups excluding carboxylic acids is 2. The summed E-state index contributed by atoms with van der Waals surface area (Å²) in [5, 5.41) is 15.9. The Bertz CT molecular complexity index is 1300. The molecule has 2 fully saturated rings. The topological polar surface area (TPSA) is 122 Å². The minimum atomic E-state index is -1.14. The molecule has 1 aromatic heterocycles. The highest BCUT2D eigenvalue weighted by Crippen LogP contribution is 2.54. The van der Waals surface area contributed by atoms with Gasteiger partial charge >= 0.3 is 12.1 Å². The monoisotopic (exact) mass is 473 g/mol. The van der Waals surface area contributed by atoms with Crippen molar-refractivity contribution in [3.05, 3.63) is 71.4 Å². The normalized spacial score (nSPS) is 22.1. The highest BCUT2D eigenvalue weighted by molar-refractivity contribution is 5.99. The summed E-state index contributed by atoms with van der Waals surface area (Å²) in [5.41, 5.74) is 3.26. The molecule has 2 heterocycles. The molecule has 2 aromatic carbocycles. The molecule has 9 nitrogen and oxygen atoms in total. The van der Waals surface area contributed by atoms with Crippen LogP contribution in [0.3, 0.4) is 0 Å². The second-order valence-electron chi connectivity index (χ2n) is 9.26. The molecule has 0 radical (unpaired) electrons. The lowest BCUT2D eigenvalue weighted by Crippen LogP contribution is -2.51. The number of piperidine rings is 1. The zero-order valence-electron chi connectivity index (χ0n) is 18.8. The number of anilines is 1. The van der Waals surface area contributed by atoms with E-state index in [1.807, 2.05) is 36.4 Å². The van der Waals surface area contributed by atoms with Crippen molar-refractivity contribution in [2.75, 3.05) is 18.5 Å². The van der Waals surface area contributed by atoms with E-state index in [-0.39, 0.29) is 30.0 Å². The molecule has 0 unspecified atom stereocenters. The molecule has 3 aliphatic rings. The number of rotatable bonds is 5. The molecule has 1 saturated heterocycles. The number of nitrogens with one attached hydrogen (secondary N) is 1. The van der Waals surface area contributed by atoms with Crippen LogP contribution in [0.4, 0.5) is 10.7 Å². The third kappa shape index (κ3) is 3.38. The Kier molecular flexibility index (Phi) is 4.87. The molecule has 6 rings (SSSR count). The van der Waals surface area contributed by atoms with Crippen molar-refractivity contribution < 1.29 is 28.8 Å². The highest BCUT2D eigenvalue weighted by atomic mass is 16.6. The molecule has 2 N–H and O–H groups in total. The lowest BCUT2D eigenvalue weighted by Gasteiger charge is -2.32. The largest absolute Gasteiger partial charge is 0.479 e. The van der Waals surface area contributed by atoms with Gasteiger partial charge in [-0.1, -0.05) is 53.7 Å². The second kappa shape index (κ2) is 7.97. The van der Waals surface area contributed by atoms with Crippen molar-refractivity contribution in [2.24, 2.45) is 5.92 Å². The number of hydrogen-bond acceptors (Lipinski definition) is 6. The van der Waals surface area contributed by atoms with Gasteiger partial charge in [-0.2, -0.15) is 0 Å². The van der Waals surface area contributed by atoms with Crippen molar-refractivity contribution in [1.29, 1.82) is 0 Å². The predicted octanol–water partition coefficient (Wildman–Crippen LogP) is 4.11. The maximum Gasteiger partial charge on any atom is 0.414 e. The zero-order valence-corrected chi connectivity index (χ0v) is 18.8. The van der Waals surface area contributed by atoms with Gasteiger partial charge in [-0.3, -0.25) is 10.1 Å². The summed E-state index contributed by atoms with van der Waals surface area (Å²) in [6.45, 7) is 0.486. The van der Waals surface area contributed by atoms with Crippen LogP contribution in [0.2, 0.25) is 0 Å². The molecule has 1 aliphatic heterocycles. The predicted molar refractivity (Wildman–Crippen MR) is 124 cm³/mol. The van der Waals surface area contributed by atoms with Crippen LogP contribution >= 0.6 is 0 Å². The minimum absolute atomic E-state index is 0.0250. The van der Waals surface area contributed by atoms with Crippen LogP contribution in [0.5, 0.6) is 0 Å². The van der Waals surface area contributed by atoms with E-state index in [1.54, 1.807) is 0 Å². The molecular weight excluding hydrogens is 450 g/mol. The van der Waals surface area contributed by atoms with Crippen molar-refractivity contribution in [3.8, 4) is 11.1 Å². The van der Waals surface area contributed by atoms with Gasteiger partial charge in [0, 0.05) is 18.5 Å². The van der Waals surface area contributed by atoms with E-state index in [0.29, 0.717) is 13.0 Å². The van der Waals surface area contributed by atoms with Gasteiger partial charge in [0.15, 0.2) is 5.69 Å². The number of carboxylic acids is 1. The van der Waals surface area contributed by atoms with E-state index in [9.17, 15) is 19.5 Å². The highest BCUT2D eigenvalue weighted by Gasteiger charge is 2.67. The fourth-order valence-corrected chi connectivity index (χ4v) is 5.65. The smallest absolute Gasteiger partial charge is 0.414 e. The lowest BCUT2D eigenvalue weighted by molar-refractivity contribution is -0.145. The quantitative estimate of drug-likeness (QED) is 0.572. The molecule has 2 atom stereocenters. The summed E-state index contributed by atoms with van der Waals surface area (Å²) in [7, 11) is 0. The van der Waals surface area contributed by atoms with Crippen molar-refractivity contribution in [2.45, 2.75) is 30.7 Å². The van der Waals surface area contributed by atoms with Crippen LogP contribution in [-0.4, -0.2) is 51.8 Å². The molecule has 1 saturated carbocycles. The first-order valence-corrected chi connectivity index (χ1v) is 11.6. The summed E-state index contributed by atoms with van der Waals surface area (Å²) in [6, 6.07) is 17.4. The summed E-state index contributed by atoms with van der Waals surface area (Å²) in [5.74, 6) is -1.66. The summed E-state index contributed by atoms with van der Waals surface area (Å²) >= 11 is 0. The SMILES string of the molecule is O=C(Nc1cc(C(=O)N2CCC[C@@H]3C[C@@]32C(=O)O)no1)OCC1c2ccccc2-c2ccccc21. The molecule has 0 bridgehead atoms. The van der Waals surface area contributed by atoms with E-state index in [1.165, 1.54) is 11.0 Å². The van der Waals surface area contributed by atoms with E-state index >= 15 is 0 Å². The van der Waals surface area contributed by atoms with Gasteiger partial charge in [0.25, 0.3) is 5.91 Å². The summed E-state index contributed by atoms with van der Waals surface area (Å²) in [6.07, 6.45) is 1.26. The van der Waals surface area contributed by atoms with Crippen molar-refractivity contribution in [3.63, 3.8) is 0 Å². The second-order valence-corrected chi connectivity index (χ2v) is 9.26. The standard InChI is InChI=1S/C26H23N3O6/c30-23(29-11-5-6-15-13-26(15,29)24(31)32)21-12-22(35-28-21)27-25(33)34-14-20-18-9-3-1-7-16(18)17-8-2-4-10-19(17)20/h1-4,7-10,12,15,20H,5-6,11,13-14H2,(H,27,33)(H,31,32)/t15-,26+/m1/s1. The summed E-state index contributed by atoms with van der Waals surface area (Å²) in [4.78, 5) is 38.7. The van der Waals surface area contributed by atoms with Crippen LogP contribution in [0, 0.1) is 5.92 Å². The Labute approximate surface area is 200 Å². The third-order valence-electron chi connectivity index (χ3n) is 7.40. The van der Waals surface area contributed by atoms with Gasteiger partial charge < -0.3 is 19.3 Å². The Morgan fingerprint density at radius 3 is 2.49 bits per heavy atom. The van der Waals surface area contributed by atoms with E-state index in [2.05, 4.69) is 22.6 Å². The van der Waals surface area contributed by atoms with Gasteiger partial charge in [-0.15, -0.1) is 0 Å². The number of carbonyl (C=O) groups is 3. The van der Waals surface area contributed by atoms with Crippen LogP contribution in [0.15, 0.2) is 59.1 Å². The number of aromatic nitrogens is 1. The molecule has 178 valence electrons. The number of fused-ring (bicyclic) bond motifs is 4. The molecular formula is C26H23N3O6. The Morgan fingerprint density at radius 1 is 1.11 bits per heavy atom. The Morgan fingerprint density at radius 2 is 1.80 bits per heavy atom. The Balaban J connectivity index is 1.11. The average Bonchev–Trinajstić information content (AvgIpc) is 3.33. The molecule has 0 spiro atoms. The fraction of sp³-hybridized carbons (Fsp3) is 0.308. The van der Waals surface area contributed by atoms with Crippen molar-refractivity contribution in [1.82, 2.24) is 10.1 Å². The number of benzene rings is 2. The minimum Gasteiger partial charge on any atom is -0.479 e. The van der Waals surface area contributed by atoms with E-state index in [0.717, 1.165) is 35.1 Å². The number of hydrogen-bond donors (Lipinski definition) is 2. The number of carboxylic acid groups (broad SMARTS) is 1. The van der Waals surface area contributed by atoms with E-state index in [4.69, 9.17) is 9.26 Å². The summed E-state index contributed by atoms with van der Waals surface area (Å²) < 4.78 is 10.6. The van der Waals surface area contributed by atoms with E-state index < -0.39 is 23.5 Å². The fourth-order valence-electron chi connectivity index (χ4n) is 5.65. The molecule has 2 aliphatic carbocycles. The maximum atomic E-state index is 13.0.